The summed E-state index contributed by atoms with van der Waals surface area (Å²) >= 11 is 0. The van der Waals surface area contributed by atoms with E-state index in [1.165, 1.54) is 43.6 Å². The molecular weight excluding hydrogens is 258 g/mol. The van der Waals surface area contributed by atoms with Crippen LogP contribution < -0.4 is 0 Å². The van der Waals surface area contributed by atoms with Crippen LogP contribution in [0.25, 0.3) is 10.9 Å². The van der Waals surface area contributed by atoms with Crippen LogP contribution in [0.3, 0.4) is 0 Å². The third-order valence-electron chi connectivity index (χ3n) is 5.09. The van der Waals surface area contributed by atoms with Crippen LogP contribution in [0.15, 0.2) is 36.4 Å². The molecule has 1 unspecified atom stereocenters. The van der Waals surface area contributed by atoms with Crippen LogP contribution in [0.1, 0.15) is 25.5 Å². The van der Waals surface area contributed by atoms with Crippen molar-refractivity contribution in [1.29, 1.82) is 0 Å². The largest absolute Gasteiger partial charge is 0.298 e. The summed E-state index contributed by atoms with van der Waals surface area (Å²) in [5.41, 5.74) is 2.31. The Hall–Kier alpha value is -1.45. The van der Waals surface area contributed by atoms with Crippen molar-refractivity contribution in [2.75, 3.05) is 19.6 Å². The van der Waals surface area contributed by atoms with E-state index in [1.54, 1.807) is 0 Å². The zero-order chi connectivity index (χ0) is 14.2. The smallest absolute Gasteiger partial charge is 0.0705 e. The molecule has 0 bridgehead atoms. The number of pyridine rings is 1. The zero-order valence-electron chi connectivity index (χ0n) is 12.7. The lowest BCUT2D eigenvalue weighted by molar-refractivity contribution is 0.0532. The lowest BCUT2D eigenvalue weighted by atomic mass is 10.1. The first-order chi connectivity index (χ1) is 10.3. The van der Waals surface area contributed by atoms with E-state index in [9.17, 15) is 0 Å². The van der Waals surface area contributed by atoms with Gasteiger partial charge in [0.15, 0.2) is 0 Å². The highest BCUT2D eigenvalue weighted by Crippen LogP contribution is 2.25. The van der Waals surface area contributed by atoms with E-state index in [-0.39, 0.29) is 0 Å². The van der Waals surface area contributed by atoms with Crippen LogP contribution in [0.5, 0.6) is 0 Å². The number of hydrogen-bond acceptors (Lipinski definition) is 3. The summed E-state index contributed by atoms with van der Waals surface area (Å²) in [5, 5.41) is 1.23. The summed E-state index contributed by atoms with van der Waals surface area (Å²) in [6, 6.07) is 14.2. The molecule has 2 fully saturated rings. The molecule has 0 amide bonds. The first kappa shape index (κ1) is 13.2. The summed E-state index contributed by atoms with van der Waals surface area (Å²) in [6.07, 6.45) is 2.74. The van der Waals surface area contributed by atoms with Crippen LogP contribution in [0.2, 0.25) is 0 Å². The quantitative estimate of drug-likeness (QED) is 0.844. The van der Waals surface area contributed by atoms with Crippen LogP contribution in [-0.2, 0) is 6.54 Å². The van der Waals surface area contributed by atoms with Crippen molar-refractivity contribution in [3.8, 4) is 0 Å². The minimum Gasteiger partial charge on any atom is -0.298 e. The second-order valence-electron chi connectivity index (χ2n) is 6.56. The van der Waals surface area contributed by atoms with E-state index < -0.39 is 0 Å². The molecule has 2 atom stereocenters. The van der Waals surface area contributed by atoms with Gasteiger partial charge in [0.05, 0.1) is 11.2 Å². The first-order valence-corrected chi connectivity index (χ1v) is 8.12. The van der Waals surface area contributed by atoms with Gasteiger partial charge < -0.3 is 0 Å². The maximum absolute atomic E-state index is 4.83. The number of piperazine rings is 1. The number of para-hydroxylation sites is 1. The number of aromatic nitrogens is 1. The van der Waals surface area contributed by atoms with Gasteiger partial charge >= 0.3 is 0 Å². The molecule has 1 aromatic carbocycles. The molecule has 2 aliphatic heterocycles. The average molecular weight is 281 g/mol. The Morgan fingerprint density at radius 3 is 3.00 bits per heavy atom. The SMILES string of the molecule is C[C@H]1CN2CCCC2CN1Cc1ccc2ccccc2n1. The molecule has 4 rings (SSSR count). The van der Waals surface area contributed by atoms with Gasteiger partial charge in [0.1, 0.15) is 0 Å². The molecule has 110 valence electrons. The van der Waals surface area contributed by atoms with Gasteiger partial charge in [-0.3, -0.25) is 14.8 Å². The standard InChI is InChI=1S/C18H23N3/c1-14-11-20-10-4-6-17(20)13-21(14)12-16-9-8-15-5-2-3-7-18(15)19-16/h2-3,5,7-9,14,17H,4,6,10-13H2,1H3/t14-,17?/m0/s1. The highest BCUT2D eigenvalue weighted by Gasteiger charge is 2.34. The van der Waals surface area contributed by atoms with Crippen LogP contribution in [0.4, 0.5) is 0 Å². The molecule has 0 N–H and O–H groups in total. The topological polar surface area (TPSA) is 19.4 Å². The predicted molar refractivity (Wildman–Crippen MR) is 86.2 cm³/mol. The highest BCUT2D eigenvalue weighted by molar-refractivity contribution is 5.78. The van der Waals surface area contributed by atoms with Crippen molar-refractivity contribution in [1.82, 2.24) is 14.8 Å². The lowest BCUT2D eigenvalue weighted by Crippen LogP contribution is -2.54. The van der Waals surface area contributed by atoms with Crippen molar-refractivity contribution in [2.24, 2.45) is 0 Å². The molecule has 1 aromatic heterocycles. The Morgan fingerprint density at radius 2 is 2.05 bits per heavy atom. The van der Waals surface area contributed by atoms with E-state index in [0.717, 1.165) is 18.1 Å². The van der Waals surface area contributed by atoms with Crippen molar-refractivity contribution >= 4 is 10.9 Å². The number of fused-ring (bicyclic) bond motifs is 2. The van der Waals surface area contributed by atoms with Gasteiger partial charge in [-0.05, 0) is 38.4 Å². The van der Waals surface area contributed by atoms with Gasteiger partial charge in [-0.1, -0.05) is 24.3 Å². The fourth-order valence-electron chi connectivity index (χ4n) is 3.87. The highest BCUT2D eigenvalue weighted by atomic mass is 15.3. The van der Waals surface area contributed by atoms with Crippen molar-refractivity contribution < 1.29 is 0 Å². The molecule has 0 aliphatic carbocycles. The van der Waals surface area contributed by atoms with Crippen LogP contribution >= 0.6 is 0 Å². The zero-order valence-corrected chi connectivity index (χ0v) is 12.7. The predicted octanol–water partition coefficient (Wildman–Crippen LogP) is 2.90. The molecule has 21 heavy (non-hydrogen) atoms. The Bertz CT molecular complexity index is 639. The number of rotatable bonds is 2. The maximum Gasteiger partial charge on any atom is 0.0705 e. The van der Waals surface area contributed by atoms with Gasteiger partial charge in [-0.2, -0.15) is 0 Å². The Balaban J connectivity index is 1.53. The molecule has 2 aromatic rings. The first-order valence-electron chi connectivity index (χ1n) is 8.12. The second-order valence-corrected chi connectivity index (χ2v) is 6.56. The lowest BCUT2D eigenvalue weighted by Gasteiger charge is -2.42. The maximum atomic E-state index is 4.83. The van der Waals surface area contributed by atoms with Crippen LogP contribution in [0, 0.1) is 0 Å². The second kappa shape index (κ2) is 5.39. The molecule has 3 heteroatoms. The Morgan fingerprint density at radius 1 is 1.14 bits per heavy atom. The van der Waals surface area contributed by atoms with Crippen molar-refractivity contribution in [3.05, 3.63) is 42.1 Å². The van der Waals surface area contributed by atoms with Gasteiger partial charge in [0.2, 0.25) is 0 Å². The molecular formula is C18H23N3. The number of nitrogens with zero attached hydrogens (tertiary/aromatic N) is 3. The van der Waals surface area contributed by atoms with Gasteiger partial charge in [0.25, 0.3) is 0 Å². The number of benzene rings is 1. The van der Waals surface area contributed by atoms with Gasteiger partial charge in [-0.15, -0.1) is 0 Å². The third-order valence-corrected chi connectivity index (χ3v) is 5.09. The molecule has 3 heterocycles. The minimum absolute atomic E-state index is 0.632. The average Bonchev–Trinajstić information content (AvgIpc) is 2.94. The van der Waals surface area contributed by atoms with Gasteiger partial charge in [0, 0.05) is 37.1 Å². The molecule has 2 aliphatic rings. The van der Waals surface area contributed by atoms with E-state index in [1.807, 2.05) is 0 Å². The monoisotopic (exact) mass is 281 g/mol. The molecule has 0 spiro atoms. The molecule has 0 saturated carbocycles. The fraction of sp³-hybridized carbons (Fsp3) is 0.500. The van der Waals surface area contributed by atoms with Crippen molar-refractivity contribution in [2.45, 2.75) is 38.4 Å². The van der Waals surface area contributed by atoms with E-state index in [2.05, 4.69) is 53.1 Å². The molecule has 3 nitrogen and oxygen atoms in total. The third kappa shape index (κ3) is 2.56. The van der Waals surface area contributed by atoms with Gasteiger partial charge in [-0.25, -0.2) is 0 Å². The summed E-state index contributed by atoms with van der Waals surface area (Å²) in [4.78, 5) is 10.1. The minimum atomic E-state index is 0.632. The fourth-order valence-corrected chi connectivity index (χ4v) is 3.87. The van der Waals surface area contributed by atoms with E-state index in [0.29, 0.717) is 6.04 Å². The summed E-state index contributed by atoms with van der Waals surface area (Å²) in [5.74, 6) is 0. The normalized spacial score (nSPS) is 27.1. The summed E-state index contributed by atoms with van der Waals surface area (Å²) in [6.45, 7) is 7.07. The van der Waals surface area contributed by atoms with E-state index >= 15 is 0 Å². The molecule has 2 saturated heterocycles. The summed E-state index contributed by atoms with van der Waals surface area (Å²) < 4.78 is 0. The van der Waals surface area contributed by atoms with Crippen molar-refractivity contribution in [3.63, 3.8) is 0 Å². The number of hydrogen-bond donors (Lipinski definition) is 0. The Kier molecular flexibility index (Phi) is 3.40. The summed E-state index contributed by atoms with van der Waals surface area (Å²) in [7, 11) is 0. The molecule has 0 radical (unpaired) electrons. The Labute approximate surface area is 126 Å². The van der Waals surface area contributed by atoms with E-state index in [4.69, 9.17) is 4.98 Å². The van der Waals surface area contributed by atoms with Crippen LogP contribution in [-0.4, -0.2) is 46.5 Å².